The fraction of sp³-hybridized carbons (Fsp3) is 0.444. The predicted octanol–water partition coefficient (Wildman–Crippen LogP) is 2.79. The molecule has 1 aliphatic rings. The molecule has 0 atom stereocenters. The van der Waals surface area contributed by atoms with E-state index in [0.29, 0.717) is 23.1 Å². The van der Waals surface area contributed by atoms with Crippen molar-refractivity contribution in [3.05, 3.63) is 48.0 Å². The van der Waals surface area contributed by atoms with Gasteiger partial charge in [0.15, 0.2) is 0 Å². The number of carbonyl (C=O) groups is 1. The van der Waals surface area contributed by atoms with Crippen molar-refractivity contribution < 1.29 is 9.53 Å². The van der Waals surface area contributed by atoms with Crippen LogP contribution < -0.4 is 4.74 Å². The number of ether oxygens (including phenoxy) is 1. The molecule has 1 amide bonds. The molecule has 3 rings (SSSR count). The molecule has 0 saturated carbocycles. The number of rotatable bonds is 5. The average Bonchev–Trinajstić information content (AvgIpc) is 2.98. The molecule has 0 aliphatic carbocycles. The number of para-hydroxylation sites is 1. The van der Waals surface area contributed by atoms with Crippen molar-refractivity contribution in [1.82, 2.24) is 14.5 Å². The van der Waals surface area contributed by atoms with Gasteiger partial charge >= 0.3 is 0 Å². The third kappa shape index (κ3) is 3.09. The maximum atomic E-state index is 12.6. The van der Waals surface area contributed by atoms with Gasteiger partial charge in [-0.25, -0.2) is 4.98 Å². The second-order valence-corrected chi connectivity index (χ2v) is 6.37. The number of hydrogen-bond acceptors (Lipinski definition) is 3. The number of carbonyl (C=O) groups excluding carboxylic acids is 1. The van der Waals surface area contributed by atoms with E-state index in [-0.39, 0.29) is 5.91 Å². The van der Waals surface area contributed by atoms with Crippen LogP contribution in [0.5, 0.6) is 5.75 Å². The fourth-order valence-corrected chi connectivity index (χ4v) is 3.10. The first-order valence-corrected chi connectivity index (χ1v) is 8.03. The van der Waals surface area contributed by atoms with Gasteiger partial charge in [0.2, 0.25) is 0 Å². The Labute approximate surface area is 136 Å². The lowest BCUT2D eigenvalue weighted by atomic mass is 9.98. The van der Waals surface area contributed by atoms with Gasteiger partial charge in [-0.05, 0) is 12.1 Å². The van der Waals surface area contributed by atoms with Gasteiger partial charge in [0.1, 0.15) is 11.6 Å². The highest BCUT2D eigenvalue weighted by Gasteiger charge is 2.32. The Kier molecular flexibility index (Phi) is 4.37. The SMILES string of the molecule is COc1ccccc1C(=O)N1CC(Cn2ccnc2C(C)C)C1. The standard InChI is InChI=1S/C18H23N3O2/c1-13(2)17-19-8-9-20(17)10-14-11-21(12-14)18(22)15-6-4-5-7-16(15)23-3/h4-9,13-14H,10-12H2,1-3H3. The zero-order valence-corrected chi connectivity index (χ0v) is 13.9. The molecule has 2 aromatic rings. The lowest BCUT2D eigenvalue weighted by molar-refractivity contribution is 0.0463. The van der Waals surface area contributed by atoms with Crippen molar-refractivity contribution in [2.24, 2.45) is 5.92 Å². The summed E-state index contributed by atoms with van der Waals surface area (Å²) in [5, 5.41) is 0. The van der Waals surface area contributed by atoms with E-state index in [4.69, 9.17) is 4.74 Å². The summed E-state index contributed by atoms with van der Waals surface area (Å²) in [4.78, 5) is 18.9. The normalized spacial score (nSPS) is 14.9. The van der Waals surface area contributed by atoms with Gasteiger partial charge in [-0.1, -0.05) is 26.0 Å². The summed E-state index contributed by atoms with van der Waals surface area (Å²) < 4.78 is 7.49. The zero-order chi connectivity index (χ0) is 16.4. The first-order chi connectivity index (χ1) is 11.1. The Bertz CT molecular complexity index is 687. The summed E-state index contributed by atoms with van der Waals surface area (Å²) >= 11 is 0. The van der Waals surface area contributed by atoms with E-state index in [1.165, 1.54) is 0 Å². The quantitative estimate of drug-likeness (QED) is 0.853. The molecule has 0 unspecified atom stereocenters. The molecular formula is C18H23N3O2. The Morgan fingerprint density at radius 1 is 1.35 bits per heavy atom. The van der Waals surface area contributed by atoms with Crippen molar-refractivity contribution in [3.63, 3.8) is 0 Å². The molecule has 1 fully saturated rings. The molecule has 122 valence electrons. The molecule has 1 saturated heterocycles. The van der Waals surface area contributed by atoms with Crippen LogP contribution >= 0.6 is 0 Å². The first-order valence-electron chi connectivity index (χ1n) is 8.03. The minimum absolute atomic E-state index is 0.0495. The van der Waals surface area contributed by atoms with E-state index in [2.05, 4.69) is 23.4 Å². The minimum Gasteiger partial charge on any atom is -0.496 e. The van der Waals surface area contributed by atoms with E-state index in [1.807, 2.05) is 41.6 Å². The van der Waals surface area contributed by atoms with Crippen molar-refractivity contribution >= 4 is 5.91 Å². The lowest BCUT2D eigenvalue weighted by Gasteiger charge is -2.40. The summed E-state index contributed by atoms with van der Waals surface area (Å²) in [6.07, 6.45) is 3.88. The molecule has 23 heavy (non-hydrogen) atoms. The number of benzene rings is 1. The molecule has 5 nitrogen and oxygen atoms in total. The third-order valence-electron chi connectivity index (χ3n) is 4.30. The molecule has 0 bridgehead atoms. The smallest absolute Gasteiger partial charge is 0.257 e. The van der Waals surface area contributed by atoms with Crippen LogP contribution in [0.25, 0.3) is 0 Å². The maximum absolute atomic E-state index is 12.6. The summed E-state index contributed by atoms with van der Waals surface area (Å²) in [7, 11) is 1.59. The number of amides is 1. The van der Waals surface area contributed by atoms with Crippen molar-refractivity contribution in [1.29, 1.82) is 0 Å². The second-order valence-electron chi connectivity index (χ2n) is 6.37. The molecule has 1 aromatic heterocycles. The molecular weight excluding hydrogens is 290 g/mol. The summed E-state index contributed by atoms with van der Waals surface area (Å²) in [6.45, 7) is 6.79. The molecule has 5 heteroatoms. The van der Waals surface area contributed by atoms with Gasteiger partial charge < -0.3 is 14.2 Å². The minimum atomic E-state index is 0.0495. The highest BCUT2D eigenvalue weighted by Crippen LogP contribution is 2.25. The van der Waals surface area contributed by atoms with E-state index in [0.717, 1.165) is 25.5 Å². The average molecular weight is 313 g/mol. The van der Waals surface area contributed by atoms with Gasteiger partial charge in [-0.2, -0.15) is 0 Å². The molecule has 0 N–H and O–H groups in total. The number of methoxy groups -OCH3 is 1. The summed E-state index contributed by atoms with van der Waals surface area (Å²) in [5.74, 6) is 2.70. The monoisotopic (exact) mass is 313 g/mol. The van der Waals surface area contributed by atoms with E-state index in [1.54, 1.807) is 7.11 Å². The lowest BCUT2D eigenvalue weighted by Crippen LogP contribution is -2.51. The topological polar surface area (TPSA) is 47.4 Å². The number of aromatic nitrogens is 2. The van der Waals surface area contributed by atoms with Crippen LogP contribution in [0.3, 0.4) is 0 Å². The molecule has 0 radical (unpaired) electrons. The second kappa shape index (κ2) is 6.44. The molecule has 1 aliphatic heterocycles. The van der Waals surface area contributed by atoms with Crippen LogP contribution in [-0.2, 0) is 6.54 Å². The van der Waals surface area contributed by atoms with E-state index < -0.39 is 0 Å². The van der Waals surface area contributed by atoms with Crippen LogP contribution in [0.4, 0.5) is 0 Å². The van der Waals surface area contributed by atoms with Crippen molar-refractivity contribution in [3.8, 4) is 5.75 Å². The maximum Gasteiger partial charge on any atom is 0.257 e. The largest absolute Gasteiger partial charge is 0.496 e. The number of imidazole rings is 1. The van der Waals surface area contributed by atoms with Crippen LogP contribution in [0.15, 0.2) is 36.7 Å². The number of likely N-dealkylation sites (tertiary alicyclic amines) is 1. The summed E-state index contributed by atoms with van der Waals surface area (Å²) in [6, 6.07) is 7.39. The number of nitrogens with zero attached hydrogens (tertiary/aromatic N) is 3. The zero-order valence-electron chi connectivity index (χ0n) is 13.9. The molecule has 2 heterocycles. The molecule has 1 aromatic carbocycles. The van der Waals surface area contributed by atoms with Crippen LogP contribution in [-0.4, -0.2) is 40.6 Å². The van der Waals surface area contributed by atoms with Crippen LogP contribution in [0.2, 0.25) is 0 Å². The van der Waals surface area contributed by atoms with Gasteiger partial charge in [-0.15, -0.1) is 0 Å². The van der Waals surface area contributed by atoms with Gasteiger partial charge in [0.05, 0.1) is 12.7 Å². The third-order valence-corrected chi connectivity index (χ3v) is 4.30. The van der Waals surface area contributed by atoms with Crippen molar-refractivity contribution in [2.45, 2.75) is 26.3 Å². The molecule has 0 spiro atoms. The van der Waals surface area contributed by atoms with Gasteiger partial charge in [-0.3, -0.25) is 4.79 Å². The Balaban J connectivity index is 1.60. The van der Waals surface area contributed by atoms with Gasteiger partial charge in [0, 0.05) is 43.9 Å². The van der Waals surface area contributed by atoms with Crippen LogP contribution in [0, 0.1) is 5.92 Å². The summed E-state index contributed by atoms with van der Waals surface area (Å²) in [5.41, 5.74) is 0.638. The highest BCUT2D eigenvalue weighted by atomic mass is 16.5. The number of hydrogen-bond donors (Lipinski definition) is 0. The Morgan fingerprint density at radius 3 is 2.78 bits per heavy atom. The van der Waals surface area contributed by atoms with Crippen LogP contribution in [0.1, 0.15) is 35.9 Å². The van der Waals surface area contributed by atoms with Gasteiger partial charge in [0.25, 0.3) is 5.91 Å². The fourth-order valence-electron chi connectivity index (χ4n) is 3.10. The predicted molar refractivity (Wildman–Crippen MR) is 88.7 cm³/mol. The Hall–Kier alpha value is -2.30. The highest BCUT2D eigenvalue weighted by molar-refractivity contribution is 5.97. The van der Waals surface area contributed by atoms with E-state index in [9.17, 15) is 4.79 Å². The van der Waals surface area contributed by atoms with E-state index >= 15 is 0 Å². The van der Waals surface area contributed by atoms with Crippen molar-refractivity contribution in [2.75, 3.05) is 20.2 Å². The first kappa shape index (κ1) is 15.6. The Morgan fingerprint density at radius 2 is 2.09 bits per heavy atom.